The molecule has 1 heterocycles. The van der Waals surface area contributed by atoms with Gasteiger partial charge in [-0.15, -0.1) is 0 Å². The van der Waals surface area contributed by atoms with Crippen LogP contribution in [0.1, 0.15) is 16.7 Å². The van der Waals surface area contributed by atoms with E-state index in [9.17, 15) is 18.3 Å². The molecule has 0 spiro atoms. The van der Waals surface area contributed by atoms with Gasteiger partial charge in [0, 0.05) is 17.3 Å². The molecule has 4 nitrogen and oxygen atoms in total. The summed E-state index contributed by atoms with van der Waals surface area (Å²) in [6.07, 6.45) is -1.61. The molecule has 0 amide bonds. The fourth-order valence-corrected chi connectivity index (χ4v) is 2.85. The Balaban J connectivity index is 1.83. The standard InChI is InChI=1S/C20H19F3N2O2/c1-14-7-16(18-9-24-25(10-18)13-20(21,22)23)8-17(11-26)19(14)27-12-15-5-3-2-4-6-15/h2-10,26H,11-13H2,1H3. The molecule has 1 aromatic heterocycles. The van der Waals surface area contributed by atoms with Crippen molar-refractivity contribution in [3.8, 4) is 16.9 Å². The molecular weight excluding hydrogens is 357 g/mol. The van der Waals surface area contributed by atoms with Gasteiger partial charge in [-0.2, -0.15) is 18.3 Å². The Morgan fingerprint density at radius 2 is 1.85 bits per heavy atom. The number of ether oxygens (including phenoxy) is 1. The van der Waals surface area contributed by atoms with Crippen LogP contribution in [0.3, 0.4) is 0 Å². The number of benzene rings is 2. The van der Waals surface area contributed by atoms with Crippen LogP contribution in [0.2, 0.25) is 0 Å². The van der Waals surface area contributed by atoms with Crippen LogP contribution >= 0.6 is 0 Å². The molecule has 3 rings (SSSR count). The van der Waals surface area contributed by atoms with Gasteiger partial charge in [-0.05, 0) is 35.7 Å². The van der Waals surface area contributed by atoms with E-state index in [4.69, 9.17) is 4.74 Å². The maximum Gasteiger partial charge on any atom is 0.408 e. The van der Waals surface area contributed by atoms with Crippen LogP contribution in [-0.4, -0.2) is 21.1 Å². The number of aliphatic hydroxyl groups excluding tert-OH is 1. The van der Waals surface area contributed by atoms with Gasteiger partial charge < -0.3 is 9.84 Å². The van der Waals surface area contributed by atoms with E-state index < -0.39 is 12.7 Å². The van der Waals surface area contributed by atoms with Gasteiger partial charge in [-0.1, -0.05) is 30.3 Å². The number of aliphatic hydroxyl groups is 1. The summed E-state index contributed by atoms with van der Waals surface area (Å²) in [4.78, 5) is 0. The summed E-state index contributed by atoms with van der Waals surface area (Å²) in [5.41, 5.74) is 3.59. The van der Waals surface area contributed by atoms with E-state index in [0.29, 0.717) is 29.0 Å². The Morgan fingerprint density at radius 1 is 1.11 bits per heavy atom. The average molecular weight is 376 g/mol. The van der Waals surface area contributed by atoms with Gasteiger partial charge in [0.05, 0.1) is 12.8 Å². The van der Waals surface area contributed by atoms with Crippen molar-refractivity contribution in [1.29, 1.82) is 0 Å². The number of halogens is 3. The molecule has 2 aromatic carbocycles. The summed E-state index contributed by atoms with van der Waals surface area (Å²) in [6.45, 7) is 0.813. The van der Waals surface area contributed by atoms with Gasteiger partial charge in [0.25, 0.3) is 0 Å². The zero-order chi connectivity index (χ0) is 19.4. The third-order valence-corrected chi connectivity index (χ3v) is 4.06. The largest absolute Gasteiger partial charge is 0.488 e. The van der Waals surface area contributed by atoms with E-state index in [1.165, 1.54) is 12.4 Å². The molecule has 7 heteroatoms. The number of nitrogens with zero attached hydrogens (tertiary/aromatic N) is 2. The minimum Gasteiger partial charge on any atom is -0.488 e. The number of aromatic nitrogens is 2. The predicted octanol–water partition coefficient (Wildman–Crippen LogP) is 4.49. The summed E-state index contributed by atoms with van der Waals surface area (Å²) in [7, 11) is 0. The fraction of sp³-hybridized carbons (Fsp3) is 0.250. The molecule has 0 radical (unpaired) electrons. The third-order valence-electron chi connectivity index (χ3n) is 4.06. The second-order valence-electron chi connectivity index (χ2n) is 6.26. The van der Waals surface area contributed by atoms with Crippen molar-refractivity contribution in [3.63, 3.8) is 0 Å². The first-order valence-corrected chi connectivity index (χ1v) is 8.36. The molecule has 142 valence electrons. The second kappa shape index (κ2) is 7.84. The number of rotatable bonds is 6. The molecule has 0 aliphatic carbocycles. The van der Waals surface area contributed by atoms with Gasteiger partial charge in [0.15, 0.2) is 0 Å². The topological polar surface area (TPSA) is 47.3 Å². The zero-order valence-electron chi connectivity index (χ0n) is 14.7. The Bertz CT molecular complexity index is 905. The highest BCUT2D eigenvalue weighted by Crippen LogP contribution is 2.31. The van der Waals surface area contributed by atoms with Crippen LogP contribution in [0.15, 0.2) is 54.9 Å². The third kappa shape index (κ3) is 4.89. The SMILES string of the molecule is Cc1cc(-c2cnn(CC(F)(F)F)c2)cc(CO)c1OCc1ccccc1. The molecule has 0 aliphatic heterocycles. The van der Waals surface area contributed by atoms with Gasteiger partial charge >= 0.3 is 6.18 Å². The van der Waals surface area contributed by atoms with Crippen LogP contribution in [0.25, 0.3) is 11.1 Å². The lowest BCUT2D eigenvalue weighted by atomic mass is 10.0. The molecule has 0 saturated carbocycles. The van der Waals surface area contributed by atoms with Crippen molar-refractivity contribution in [2.24, 2.45) is 0 Å². The normalized spacial score (nSPS) is 11.6. The van der Waals surface area contributed by atoms with Gasteiger partial charge in [0.2, 0.25) is 0 Å². The monoisotopic (exact) mass is 376 g/mol. The Labute approximate surface area is 154 Å². The van der Waals surface area contributed by atoms with E-state index in [1.807, 2.05) is 43.3 Å². The molecule has 0 aliphatic rings. The first-order chi connectivity index (χ1) is 12.9. The van der Waals surface area contributed by atoms with Gasteiger partial charge in [0.1, 0.15) is 18.9 Å². The minimum absolute atomic E-state index is 0.241. The van der Waals surface area contributed by atoms with Crippen LogP contribution < -0.4 is 4.74 Å². The van der Waals surface area contributed by atoms with Crippen LogP contribution in [-0.2, 0) is 19.8 Å². The number of hydrogen-bond acceptors (Lipinski definition) is 3. The fourth-order valence-electron chi connectivity index (χ4n) is 2.85. The summed E-state index contributed by atoms with van der Waals surface area (Å²) in [5.74, 6) is 0.577. The first kappa shape index (κ1) is 19.0. The van der Waals surface area contributed by atoms with E-state index in [2.05, 4.69) is 5.10 Å². The zero-order valence-corrected chi connectivity index (χ0v) is 14.7. The van der Waals surface area contributed by atoms with Crippen molar-refractivity contribution >= 4 is 0 Å². The smallest absolute Gasteiger partial charge is 0.408 e. The van der Waals surface area contributed by atoms with E-state index in [1.54, 1.807) is 6.07 Å². The quantitative estimate of drug-likeness (QED) is 0.689. The molecule has 27 heavy (non-hydrogen) atoms. The molecule has 0 atom stereocenters. The molecule has 0 fully saturated rings. The summed E-state index contributed by atoms with van der Waals surface area (Å²) in [5, 5.41) is 13.5. The minimum atomic E-state index is -4.33. The summed E-state index contributed by atoms with van der Waals surface area (Å²) >= 11 is 0. The van der Waals surface area contributed by atoms with E-state index >= 15 is 0 Å². The van der Waals surface area contributed by atoms with Crippen molar-refractivity contribution in [2.45, 2.75) is 32.9 Å². The van der Waals surface area contributed by atoms with Gasteiger partial charge in [-0.3, -0.25) is 4.68 Å². The molecule has 0 bridgehead atoms. The highest BCUT2D eigenvalue weighted by atomic mass is 19.4. The second-order valence-corrected chi connectivity index (χ2v) is 6.26. The maximum atomic E-state index is 12.5. The lowest BCUT2D eigenvalue weighted by molar-refractivity contribution is -0.142. The van der Waals surface area contributed by atoms with Crippen molar-refractivity contribution < 1.29 is 23.0 Å². The molecular formula is C20H19F3N2O2. The van der Waals surface area contributed by atoms with E-state index in [-0.39, 0.29) is 6.61 Å². The Hall–Kier alpha value is -2.80. The van der Waals surface area contributed by atoms with Gasteiger partial charge in [-0.25, -0.2) is 0 Å². The molecule has 0 unspecified atom stereocenters. The number of aryl methyl sites for hydroxylation is 1. The Morgan fingerprint density at radius 3 is 2.52 bits per heavy atom. The average Bonchev–Trinajstić information content (AvgIpc) is 3.07. The van der Waals surface area contributed by atoms with Crippen molar-refractivity contribution in [2.75, 3.05) is 0 Å². The highest BCUT2D eigenvalue weighted by Gasteiger charge is 2.28. The Kier molecular flexibility index (Phi) is 5.51. The lowest BCUT2D eigenvalue weighted by Crippen LogP contribution is -2.17. The predicted molar refractivity (Wildman–Crippen MR) is 95.2 cm³/mol. The number of alkyl halides is 3. The number of hydrogen-bond donors (Lipinski definition) is 1. The lowest BCUT2D eigenvalue weighted by Gasteiger charge is -2.15. The van der Waals surface area contributed by atoms with Crippen LogP contribution in [0.5, 0.6) is 5.75 Å². The summed E-state index contributed by atoms with van der Waals surface area (Å²) < 4.78 is 44.2. The highest BCUT2D eigenvalue weighted by molar-refractivity contribution is 5.66. The molecule has 1 N–H and O–H groups in total. The molecule has 3 aromatic rings. The molecule has 0 saturated heterocycles. The summed E-state index contributed by atoms with van der Waals surface area (Å²) in [6, 6.07) is 13.2. The van der Waals surface area contributed by atoms with Crippen molar-refractivity contribution in [1.82, 2.24) is 9.78 Å². The first-order valence-electron chi connectivity index (χ1n) is 8.36. The maximum absolute atomic E-state index is 12.5. The van der Waals surface area contributed by atoms with Crippen LogP contribution in [0, 0.1) is 6.92 Å². The van der Waals surface area contributed by atoms with Crippen LogP contribution in [0.4, 0.5) is 13.2 Å². The van der Waals surface area contributed by atoms with Crippen molar-refractivity contribution in [3.05, 3.63) is 71.5 Å². The van der Waals surface area contributed by atoms with E-state index in [0.717, 1.165) is 15.8 Å².